The van der Waals surface area contributed by atoms with Gasteiger partial charge >= 0.3 is 0 Å². The van der Waals surface area contributed by atoms with Gasteiger partial charge in [0.15, 0.2) is 0 Å². The quantitative estimate of drug-likeness (QED) is 0.816. The Kier molecular flexibility index (Phi) is 4.34. The van der Waals surface area contributed by atoms with Crippen LogP contribution in [0, 0.1) is 17.8 Å². The fourth-order valence-electron chi connectivity index (χ4n) is 4.02. The first-order valence-corrected chi connectivity index (χ1v) is 8.98. The minimum atomic E-state index is -0.153. The molecule has 25 heavy (non-hydrogen) atoms. The van der Waals surface area contributed by atoms with E-state index in [1.165, 1.54) is 17.5 Å². The first-order chi connectivity index (χ1) is 12.2. The van der Waals surface area contributed by atoms with Gasteiger partial charge in [-0.3, -0.25) is 9.59 Å². The molecule has 0 unspecified atom stereocenters. The second kappa shape index (κ2) is 6.78. The third-order valence-electron chi connectivity index (χ3n) is 5.38. The monoisotopic (exact) mass is 338 g/mol. The van der Waals surface area contributed by atoms with E-state index in [1.54, 1.807) is 12.1 Å². The average Bonchev–Trinajstić information content (AvgIpc) is 3.25. The van der Waals surface area contributed by atoms with Gasteiger partial charge in [0.25, 0.3) is 5.56 Å². The van der Waals surface area contributed by atoms with Gasteiger partial charge in [-0.05, 0) is 49.1 Å². The van der Waals surface area contributed by atoms with Crippen LogP contribution < -0.4 is 10.9 Å². The van der Waals surface area contributed by atoms with Crippen molar-refractivity contribution in [3.8, 4) is 0 Å². The smallest absolute Gasteiger partial charge is 0.277 e. The lowest BCUT2D eigenvalue weighted by Crippen LogP contribution is -2.31. The van der Waals surface area contributed by atoms with E-state index in [2.05, 4.69) is 27.8 Å². The van der Waals surface area contributed by atoms with Crippen LogP contribution in [0.5, 0.6) is 0 Å². The Morgan fingerprint density at radius 2 is 2.12 bits per heavy atom. The van der Waals surface area contributed by atoms with E-state index in [9.17, 15) is 9.59 Å². The Morgan fingerprint density at radius 1 is 1.24 bits per heavy atom. The number of amides is 1. The fraction of sp³-hybridized carbons (Fsp3) is 0.474. The van der Waals surface area contributed by atoms with Crippen molar-refractivity contribution in [2.45, 2.75) is 32.2 Å². The van der Waals surface area contributed by atoms with Crippen molar-refractivity contribution in [2.24, 2.45) is 17.8 Å². The normalized spacial score (nSPS) is 24.1. The summed E-state index contributed by atoms with van der Waals surface area (Å²) in [4.78, 5) is 24.4. The number of allylic oxidation sites excluding steroid dienone is 2. The van der Waals surface area contributed by atoms with Crippen LogP contribution in [-0.2, 0) is 11.3 Å². The van der Waals surface area contributed by atoms with E-state index < -0.39 is 0 Å². The fourth-order valence-corrected chi connectivity index (χ4v) is 4.02. The van der Waals surface area contributed by atoms with Gasteiger partial charge in [-0.2, -0.15) is 0 Å². The average molecular weight is 338 g/mol. The van der Waals surface area contributed by atoms with Gasteiger partial charge in [-0.1, -0.05) is 29.5 Å². The summed E-state index contributed by atoms with van der Waals surface area (Å²) in [5.41, 5.74) is 0.446. The zero-order valence-electron chi connectivity index (χ0n) is 14.1. The second-order valence-corrected chi connectivity index (χ2v) is 7.08. The summed E-state index contributed by atoms with van der Waals surface area (Å²) in [7, 11) is 0. The van der Waals surface area contributed by atoms with Crippen molar-refractivity contribution < 1.29 is 4.79 Å². The number of carbonyl (C=O) groups is 1. The summed E-state index contributed by atoms with van der Waals surface area (Å²) in [6.07, 6.45) is 8.04. The van der Waals surface area contributed by atoms with Gasteiger partial charge in [-0.25, -0.2) is 4.68 Å². The maximum Gasteiger partial charge on any atom is 0.277 e. The highest BCUT2D eigenvalue weighted by Crippen LogP contribution is 2.42. The topological polar surface area (TPSA) is 76.9 Å². The van der Waals surface area contributed by atoms with Gasteiger partial charge in [0.1, 0.15) is 5.52 Å². The van der Waals surface area contributed by atoms with Crippen molar-refractivity contribution in [3.63, 3.8) is 0 Å². The number of nitrogens with zero attached hydrogens (tertiary/aromatic N) is 3. The zero-order chi connectivity index (χ0) is 17.2. The van der Waals surface area contributed by atoms with Gasteiger partial charge < -0.3 is 5.32 Å². The van der Waals surface area contributed by atoms with Crippen LogP contribution in [-0.4, -0.2) is 27.4 Å². The molecule has 0 saturated heterocycles. The second-order valence-electron chi connectivity index (χ2n) is 7.08. The van der Waals surface area contributed by atoms with Gasteiger partial charge in [-0.15, -0.1) is 5.10 Å². The number of carbonyl (C=O) groups excluding carboxylic acids is 1. The molecule has 0 aliphatic heterocycles. The largest absolute Gasteiger partial charge is 0.356 e. The summed E-state index contributed by atoms with van der Waals surface area (Å²) in [6.45, 7) is 1.17. The Bertz CT molecular complexity index is 873. The van der Waals surface area contributed by atoms with Crippen LogP contribution in [0.2, 0.25) is 0 Å². The Morgan fingerprint density at radius 3 is 2.92 bits per heavy atom. The van der Waals surface area contributed by atoms with Crippen molar-refractivity contribution in [1.29, 1.82) is 0 Å². The molecule has 2 aliphatic rings. The standard InChI is InChI=1S/C19H22N4O2/c24-18(20-12-15-11-13-7-8-14(15)10-13)6-3-9-23-19(25)16-4-1-2-5-17(16)21-22-23/h1-2,4-5,7-8,13-15H,3,6,9-12H2,(H,20,24)/t13-,14-,15+/m0/s1. The lowest BCUT2D eigenvalue weighted by molar-refractivity contribution is -0.121. The molecule has 4 rings (SSSR count). The number of nitrogens with one attached hydrogen (secondary N) is 1. The third kappa shape index (κ3) is 3.34. The summed E-state index contributed by atoms with van der Waals surface area (Å²) in [5.74, 6) is 2.02. The third-order valence-corrected chi connectivity index (χ3v) is 5.38. The molecule has 6 nitrogen and oxygen atoms in total. The van der Waals surface area contributed by atoms with Crippen molar-refractivity contribution in [1.82, 2.24) is 20.3 Å². The molecule has 0 spiro atoms. The van der Waals surface area contributed by atoms with Crippen molar-refractivity contribution >= 4 is 16.8 Å². The molecule has 130 valence electrons. The predicted molar refractivity (Wildman–Crippen MR) is 94.9 cm³/mol. The van der Waals surface area contributed by atoms with Gasteiger partial charge in [0.2, 0.25) is 5.91 Å². The molecule has 2 aliphatic carbocycles. The molecule has 1 aromatic carbocycles. The van der Waals surface area contributed by atoms with Crippen LogP contribution in [0.1, 0.15) is 25.7 Å². The van der Waals surface area contributed by atoms with Gasteiger partial charge in [0.05, 0.1) is 5.39 Å². The van der Waals surface area contributed by atoms with Crippen LogP contribution in [0.25, 0.3) is 10.9 Å². The molecule has 6 heteroatoms. The Hall–Kier alpha value is -2.50. The number of aryl methyl sites for hydroxylation is 1. The molecule has 1 saturated carbocycles. The number of hydrogen-bond donors (Lipinski definition) is 1. The highest BCUT2D eigenvalue weighted by Gasteiger charge is 2.35. The number of rotatable bonds is 6. The molecule has 2 bridgehead atoms. The maximum absolute atomic E-state index is 12.3. The molecule has 3 atom stereocenters. The molecule has 0 radical (unpaired) electrons. The SMILES string of the molecule is O=C(CCCn1nnc2ccccc2c1=O)NC[C@H]1C[C@H]2C=C[C@H]1C2. The van der Waals surface area contributed by atoms with E-state index >= 15 is 0 Å². The van der Waals surface area contributed by atoms with E-state index in [-0.39, 0.29) is 11.5 Å². The first kappa shape index (κ1) is 16.0. The van der Waals surface area contributed by atoms with Crippen molar-refractivity contribution in [3.05, 3.63) is 46.8 Å². The van der Waals surface area contributed by atoms with E-state index in [1.807, 2.05) is 12.1 Å². The van der Waals surface area contributed by atoms with Crippen molar-refractivity contribution in [2.75, 3.05) is 6.54 Å². The Balaban J connectivity index is 1.26. The molecule has 1 N–H and O–H groups in total. The highest BCUT2D eigenvalue weighted by atomic mass is 16.1. The van der Waals surface area contributed by atoms with Crippen LogP contribution in [0.3, 0.4) is 0 Å². The van der Waals surface area contributed by atoms with Crippen LogP contribution >= 0.6 is 0 Å². The summed E-state index contributed by atoms with van der Waals surface area (Å²) in [5, 5.41) is 11.6. The molecule has 2 aromatic rings. The molecule has 1 aromatic heterocycles. The molecular formula is C19H22N4O2. The first-order valence-electron chi connectivity index (χ1n) is 8.98. The lowest BCUT2D eigenvalue weighted by atomic mass is 9.93. The summed E-state index contributed by atoms with van der Waals surface area (Å²) < 4.78 is 1.34. The van der Waals surface area contributed by atoms with E-state index in [4.69, 9.17) is 0 Å². The predicted octanol–water partition coefficient (Wildman–Crippen LogP) is 1.90. The number of fused-ring (bicyclic) bond motifs is 3. The van der Waals surface area contributed by atoms with Gasteiger partial charge in [0, 0.05) is 19.5 Å². The molecule has 1 fully saturated rings. The molecular weight excluding hydrogens is 316 g/mol. The number of hydrogen-bond acceptors (Lipinski definition) is 4. The highest BCUT2D eigenvalue weighted by molar-refractivity contribution is 5.76. The zero-order valence-corrected chi connectivity index (χ0v) is 14.1. The molecule has 1 heterocycles. The number of benzene rings is 1. The minimum Gasteiger partial charge on any atom is -0.356 e. The lowest BCUT2D eigenvalue weighted by Gasteiger charge is -2.18. The maximum atomic E-state index is 12.3. The summed E-state index contributed by atoms with van der Waals surface area (Å²) >= 11 is 0. The van der Waals surface area contributed by atoms with E-state index in [0.717, 1.165) is 12.5 Å². The van der Waals surface area contributed by atoms with Crippen LogP contribution in [0.4, 0.5) is 0 Å². The number of aromatic nitrogens is 3. The van der Waals surface area contributed by atoms with Crippen LogP contribution in [0.15, 0.2) is 41.2 Å². The summed E-state index contributed by atoms with van der Waals surface area (Å²) in [6, 6.07) is 7.16. The van der Waals surface area contributed by atoms with E-state index in [0.29, 0.717) is 42.1 Å². The molecule has 1 amide bonds. The minimum absolute atomic E-state index is 0.0496. The Labute approximate surface area is 145 Å².